The van der Waals surface area contributed by atoms with Crippen molar-refractivity contribution in [3.8, 4) is 0 Å². The number of hydrogen-bond acceptors (Lipinski definition) is 3. The van der Waals surface area contributed by atoms with Crippen molar-refractivity contribution in [2.75, 3.05) is 19.6 Å². The van der Waals surface area contributed by atoms with E-state index < -0.39 is 0 Å². The number of nitrogens with zero attached hydrogens (tertiary/aromatic N) is 2. The van der Waals surface area contributed by atoms with Gasteiger partial charge in [-0.15, -0.1) is 0 Å². The standard InChI is InChI=1S/C16H21N3O2/c1-12-3-2-6-17-13(12)9-15(21)19-7-4-16(5-8-19)10-14(20)18-11-16/h2-3,6H,4-5,7-11H2,1H3,(H,18,20). The predicted octanol–water partition coefficient (Wildman–Crippen LogP) is 1.06. The van der Waals surface area contributed by atoms with E-state index in [0.717, 1.165) is 43.7 Å². The third-order valence-electron chi connectivity index (χ3n) is 4.81. The van der Waals surface area contributed by atoms with Crippen molar-refractivity contribution in [2.24, 2.45) is 5.41 Å². The summed E-state index contributed by atoms with van der Waals surface area (Å²) in [5, 5.41) is 2.92. The molecule has 2 aliphatic rings. The first-order valence-electron chi connectivity index (χ1n) is 7.53. The SMILES string of the molecule is Cc1cccnc1CC(=O)N1CCC2(CC1)CNC(=O)C2. The minimum Gasteiger partial charge on any atom is -0.356 e. The highest BCUT2D eigenvalue weighted by Gasteiger charge is 2.41. The van der Waals surface area contributed by atoms with Crippen LogP contribution in [-0.4, -0.2) is 41.3 Å². The fraction of sp³-hybridized carbons (Fsp3) is 0.562. The molecule has 2 aliphatic heterocycles. The first kappa shape index (κ1) is 14.0. The van der Waals surface area contributed by atoms with Crippen LogP contribution in [-0.2, 0) is 16.0 Å². The Morgan fingerprint density at radius 3 is 2.81 bits per heavy atom. The lowest BCUT2D eigenvalue weighted by atomic mass is 9.77. The van der Waals surface area contributed by atoms with Crippen LogP contribution in [0, 0.1) is 12.3 Å². The van der Waals surface area contributed by atoms with Crippen LogP contribution in [0.25, 0.3) is 0 Å². The third kappa shape index (κ3) is 2.91. The molecule has 1 aromatic rings. The number of hydrogen-bond donors (Lipinski definition) is 1. The van der Waals surface area contributed by atoms with Crippen molar-refractivity contribution >= 4 is 11.8 Å². The van der Waals surface area contributed by atoms with Crippen LogP contribution in [0.4, 0.5) is 0 Å². The quantitative estimate of drug-likeness (QED) is 0.885. The molecular formula is C16H21N3O2. The zero-order valence-corrected chi connectivity index (χ0v) is 12.4. The smallest absolute Gasteiger partial charge is 0.228 e. The van der Waals surface area contributed by atoms with Crippen LogP contribution in [0.2, 0.25) is 0 Å². The van der Waals surface area contributed by atoms with Gasteiger partial charge in [0, 0.05) is 32.3 Å². The highest BCUT2D eigenvalue weighted by molar-refractivity contribution is 5.80. The maximum atomic E-state index is 12.4. The third-order valence-corrected chi connectivity index (χ3v) is 4.81. The molecule has 0 aliphatic carbocycles. The number of amides is 2. The van der Waals surface area contributed by atoms with Gasteiger partial charge in [0.2, 0.25) is 11.8 Å². The van der Waals surface area contributed by atoms with E-state index in [2.05, 4.69) is 10.3 Å². The van der Waals surface area contributed by atoms with Crippen molar-refractivity contribution in [1.82, 2.24) is 15.2 Å². The Labute approximate surface area is 124 Å². The fourth-order valence-corrected chi connectivity index (χ4v) is 3.29. The number of likely N-dealkylation sites (tertiary alicyclic amines) is 1. The van der Waals surface area contributed by atoms with E-state index in [1.165, 1.54) is 0 Å². The van der Waals surface area contributed by atoms with Crippen LogP contribution in [0.15, 0.2) is 18.3 Å². The van der Waals surface area contributed by atoms with E-state index in [1.807, 2.05) is 24.0 Å². The van der Waals surface area contributed by atoms with Gasteiger partial charge in [0.1, 0.15) is 0 Å². The molecule has 0 bridgehead atoms. The second-order valence-corrected chi connectivity index (χ2v) is 6.28. The molecule has 3 rings (SSSR count). The molecule has 112 valence electrons. The van der Waals surface area contributed by atoms with E-state index in [0.29, 0.717) is 12.8 Å². The van der Waals surface area contributed by atoms with Gasteiger partial charge < -0.3 is 10.2 Å². The lowest BCUT2D eigenvalue weighted by Crippen LogP contribution is -2.44. The van der Waals surface area contributed by atoms with Gasteiger partial charge in [-0.3, -0.25) is 14.6 Å². The molecule has 1 N–H and O–H groups in total. The summed E-state index contributed by atoms with van der Waals surface area (Å²) in [7, 11) is 0. The number of aromatic nitrogens is 1. The molecule has 5 heteroatoms. The van der Waals surface area contributed by atoms with Gasteiger partial charge in [-0.1, -0.05) is 6.07 Å². The Balaban J connectivity index is 1.58. The summed E-state index contributed by atoms with van der Waals surface area (Å²) in [4.78, 5) is 30.0. The number of nitrogens with one attached hydrogen (secondary N) is 1. The normalized spacial score (nSPS) is 20.6. The molecule has 0 aromatic carbocycles. The molecule has 2 fully saturated rings. The monoisotopic (exact) mass is 287 g/mol. The van der Waals surface area contributed by atoms with Gasteiger partial charge in [-0.05, 0) is 36.8 Å². The maximum Gasteiger partial charge on any atom is 0.228 e. The molecule has 21 heavy (non-hydrogen) atoms. The zero-order chi connectivity index (χ0) is 14.9. The highest BCUT2D eigenvalue weighted by Crippen LogP contribution is 2.37. The molecule has 0 radical (unpaired) electrons. The summed E-state index contributed by atoms with van der Waals surface area (Å²) in [5.74, 6) is 0.294. The Morgan fingerprint density at radius 1 is 1.43 bits per heavy atom. The number of rotatable bonds is 2. The molecule has 5 nitrogen and oxygen atoms in total. The Morgan fingerprint density at radius 2 is 2.19 bits per heavy atom. The van der Waals surface area contributed by atoms with Crippen LogP contribution in [0.5, 0.6) is 0 Å². The van der Waals surface area contributed by atoms with Crippen molar-refractivity contribution < 1.29 is 9.59 Å². The van der Waals surface area contributed by atoms with Crippen LogP contribution in [0.1, 0.15) is 30.5 Å². The van der Waals surface area contributed by atoms with Gasteiger partial charge in [-0.2, -0.15) is 0 Å². The van der Waals surface area contributed by atoms with Crippen molar-refractivity contribution in [1.29, 1.82) is 0 Å². The van der Waals surface area contributed by atoms with Crippen LogP contribution in [0.3, 0.4) is 0 Å². The minimum atomic E-state index is 0.0920. The van der Waals surface area contributed by atoms with E-state index in [1.54, 1.807) is 6.20 Å². The van der Waals surface area contributed by atoms with E-state index in [9.17, 15) is 9.59 Å². The number of pyridine rings is 1. The molecule has 2 amide bonds. The summed E-state index contributed by atoms with van der Waals surface area (Å²) in [6, 6.07) is 3.87. The Hall–Kier alpha value is -1.91. The van der Waals surface area contributed by atoms with Crippen LogP contribution < -0.4 is 5.32 Å². The molecule has 3 heterocycles. The average molecular weight is 287 g/mol. The van der Waals surface area contributed by atoms with Gasteiger partial charge in [0.15, 0.2) is 0 Å². The Bertz CT molecular complexity index is 562. The van der Waals surface area contributed by atoms with Crippen molar-refractivity contribution in [3.05, 3.63) is 29.6 Å². The van der Waals surface area contributed by atoms with E-state index >= 15 is 0 Å². The number of carbonyl (C=O) groups is 2. The number of piperidine rings is 1. The molecule has 0 unspecified atom stereocenters. The molecule has 0 saturated carbocycles. The molecule has 1 aromatic heterocycles. The lowest BCUT2D eigenvalue weighted by Gasteiger charge is -2.38. The maximum absolute atomic E-state index is 12.4. The van der Waals surface area contributed by atoms with Crippen molar-refractivity contribution in [2.45, 2.75) is 32.6 Å². The van der Waals surface area contributed by atoms with Gasteiger partial charge in [0.25, 0.3) is 0 Å². The first-order valence-corrected chi connectivity index (χ1v) is 7.53. The minimum absolute atomic E-state index is 0.0920. The van der Waals surface area contributed by atoms with Gasteiger partial charge in [0.05, 0.1) is 12.1 Å². The molecule has 2 saturated heterocycles. The summed E-state index contributed by atoms with van der Waals surface area (Å²) in [6.07, 6.45) is 4.55. The average Bonchev–Trinajstić information content (AvgIpc) is 2.83. The van der Waals surface area contributed by atoms with Crippen molar-refractivity contribution in [3.63, 3.8) is 0 Å². The summed E-state index contributed by atoms with van der Waals surface area (Å²) in [5.41, 5.74) is 2.01. The van der Waals surface area contributed by atoms with Crippen LogP contribution >= 0.6 is 0 Å². The fourth-order valence-electron chi connectivity index (χ4n) is 3.29. The molecule has 1 spiro atoms. The molecular weight excluding hydrogens is 266 g/mol. The number of carbonyl (C=O) groups excluding carboxylic acids is 2. The predicted molar refractivity (Wildman–Crippen MR) is 78.6 cm³/mol. The first-order chi connectivity index (χ1) is 10.1. The lowest BCUT2D eigenvalue weighted by molar-refractivity contribution is -0.132. The summed E-state index contributed by atoms with van der Waals surface area (Å²) >= 11 is 0. The largest absolute Gasteiger partial charge is 0.356 e. The van der Waals surface area contributed by atoms with E-state index in [4.69, 9.17) is 0 Å². The van der Waals surface area contributed by atoms with Gasteiger partial charge in [-0.25, -0.2) is 0 Å². The Kier molecular flexibility index (Phi) is 3.66. The highest BCUT2D eigenvalue weighted by atomic mass is 16.2. The number of aryl methyl sites for hydroxylation is 1. The second kappa shape index (κ2) is 5.47. The second-order valence-electron chi connectivity index (χ2n) is 6.28. The van der Waals surface area contributed by atoms with Gasteiger partial charge >= 0.3 is 0 Å². The molecule has 0 atom stereocenters. The van der Waals surface area contributed by atoms with E-state index in [-0.39, 0.29) is 17.2 Å². The zero-order valence-electron chi connectivity index (χ0n) is 12.4. The summed E-state index contributed by atoms with van der Waals surface area (Å²) < 4.78 is 0. The topological polar surface area (TPSA) is 62.3 Å². The summed E-state index contributed by atoms with van der Waals surface area (Å²) in [6.45, 7) is 4.25.